The maximum absolute atomic E-state index is 11.6. The van der Waals surface area contributed by atoms with E-state index in [1.807, 2.05) is 23.9 Å². The van der Waals surface area contributed by atoms with Gasteiger partial charge in [-0.15, -0.1) is 0 Å². The van der Waals surface area contributed by atoms with E-state index in [0.29, 0.717) is 13.0 Å². The molecule has 0 saturated carbocycles. The van der Waals surface area contributed by atoms with Crippen molar-refractivity contribution in [2.24, 2.45) is 7.05 Å². The van der Waals surface area contributed by atoms with Crippen LogP contribution < -0.4 is 0 Å². The number of rotatable bonds is 3. The molecule has 2 aromatic heterocycles. The van der Waals surface area contributed by atoms with Crippen molar-refractivity contribution in [3.8, 4) is 0 Å². The first kappa shape index (κ1) is 16.2. The second-order valence-corrected chi connectivity index (χ2v) is 8.35. The maximum atomic E-state index is 11.6. The normalized spacial score (nSPS) is 15.4. The van der Waals surface area contributed by atoms with Crippen molar-refractivity contribution in [3.63, 3.8) is 0 Å². The Balaban J connectivity index is 1.58. The molecule has 0 unspecified atom stereocenters. The van der Waals surface area contributed by atoms with E-state index in [2.05, 4.69) is 32.1 Å². The summed E-state index contributed by atoms with van der Waals surface area (Å²) in [4.78, 5) is 10.5. The Labute approximate surface area is 146 Å². The second kappa shape index (κ2) is 5.89. The molecule has 0 bridgehead atoms. The number of sulfone groups is 1. The maximum Gasteiger partial charge on any atom is 0.246 e. The minimum atomic E-state index is -3.37. The summed E-state index contributed by atoms with van der Waals surface area (Å²) in [7, 11) is -1.41. The molecule has 0 N–H and O–H groups in total. The lowest BCUT2D eigenvalue weighted by molar-refractivity contribution is 0.239. The van der Waals surface area contributed by atoms with Crippen LogP contribution in [0, 0.1) is 0 Å². The molecule has 1 aliphatic rings. The molecule has 130 valence electrons. The Bertz CT molecular complexity index is 1060. The number of nitrogens with zero attached hydrogens (tertiary/aromatic N) is 5. The summed E-state index contributed by atoms with van der Waals surface area (Å²) < 4.78 is 25.1. The van der Waals surface area contributed by atoms with Crippen LogP contribution in [0.25, 0.3) is 10.9 Å². The highest BCUT2D eigenvalue weighted by atomic mass is 32.2. The minimum absolute atomic E-state index is 0.0876. The third kappa shape index (κ3) is 3.03. The number of benzene rings is 1. The standard InChI is InChI=1S/C17H19N5O2S/c1-21-16-6-4-3-5-13(16)15(20-21)11-22-8-7-14-12(10-22)9-18-17(19-14)25(2,23)24/h3-6,9H,7-8,10-11H2,1-2H3. The van der Waals surface area contributed by atoms with Gasteiger partial charge in [-0.05, 0) is 6.07 Å². The van der Waals surface area contributed by atoms with Gasteiger partial charge in [0.2, 0.25) is 15.0 Å². The zero-order valence-corrected chi connectivity index (χ0v) is 15.0. The average Bonchev–Trinajstić information content (AvgIpc) is 2.90. The van der Waals surface area contributed by atoms with Crippen LogP contribution in [0.1, 0.15) is 17.0 Å². The number of para-hydroxylation sites is 1. The van der Waals surface area contributed by atoms with Gasteiger partial charge in [-0.1, -0.05) is 18.2 Å². The van der Waals surface area contributed by atoms with Gasteiger partial charge < -0.3 is 0 Å². The van der Waals surface area contributed by atoms with E-state index in [1.165, 1.54) is 5.39 Å². The van der Waals surface area contributed by atoms with Crippen molar-refractivity contribution in [1.29, 1.82) is 0 Å². The summed E-state index contributed by atoms with van der Waals surface area (Å²) in [6.45, 7) is 2.26. The fourth-order valence-corrected chi connectivity index (χ4v) is 3.81. The van der Waals surface area contributed by atoms with Gasteiger partial charge in [0.05, 0.1) is 16.9 Å². The Kier molecular flexibility index (Phi) is 3.81. The highest BCUT2D eigenvalue weighted by Crippen LogP contribution is 2.23. The fourth-order valence-electron chi connectivity index (χ4n) is 3.29. The molecular weight excluding hydrogens is 338 g/mol. The molecule has 0 atom stereocenters. The molecule has 8 heteroatoms. The summed E-state index contributed by atoms with van der Waals surface area (Å²) in [6, 6.07) is 8.20. The third-order valence-electron chi connectivity index (χ3n) is 4.53. The van der Waals surface area contributed by atoms with Crippen molar-refractivity contribution >= 4 is 20.7 Å². The first-order valence-electron chi connectivity index (χ1n) is 8.09. The Morgan fingerprint density at radius 1 is 1.24 bits per heavy atom. The van der Waals surface area contributed by atoms with Crippen LogP contribution in [0.15, 0.2) is 35.6 Å². The quantitative estimate of drug-likeness (QED) is 0.658. The summed E-state index contributed by atoms with van der Waals surface area (Å²) in [6.07, 6.45) is 3.49. The minimum Gasteiger partial charge on any atom is -0.293 e. The Hall–Kier alpha value is -2.32. The van der Waals surface area contributed by atoms with Gasteiger partial charge in [0, 0.05) is 56.5 Å². The van der Waals surface area contributed by atoms with E-state index in [-0.39, 0.29) is 5.16 Å². The van der Waals surface area contributed by atoms with Gasteiger partial charge in [-0.2, -0.15) is 5.10 Å². The number of hydrogen-bond donors (Lipinski definition) is 0. The van der Waals surface area contributed by atoms with E-state index in [1.54, 1.807) is 6.20 Å². The number of aromatic nitrogens is 4. The van der Waals surface area contributed by atoms with Crippen molar-refractivity contribution in [2.75, 3.05) is 12.8 Å². The molecule has 0 fully saturated rings. The van der Waals surface area contributed by atoms with Crippen LogP contribution >= 0.6 is 0 Å². The summed E-state index contributed by atoms with van der Waals surface area (Å²) in [5.41, 5.74) is 3.99. The van der Waals surface area contributed by atoms with E-state index in [9.17, 15) is 8.42 Å². The molecule has 0 aliphatic carbocycles. The van der Waals surface area contributed by atoms with Crippen LogP contribution in [0.3, 0.4) is 0 Å². The Morgan fingerprint density at radius 3 is 2.84 bits per heavy atom. The molecular formula is C17H19N5O2S. The van der Waals surface area contributed by atoms with Gasteiger partial charge in [-0.25, -0.2) is 18.4 Å². The smallest absolute Gasteiger partial charge is 0.246 e. The van der Waals surface area contributed by atoms with E-state index >= 15 is 0 Å². The molecule has 0 spiro atoms. The van der Waals surface area contributed by atoms with Gasteiger partial charge in [-0.3, -0.25) is 9.58 Å². The molecule has 4 rings (SSSR count). The van der Waals surface area contributed by atoms with Crippen LogP contribution in [0.5, 0.6) is 0 Å². The molecule has 25 heavy (non-hydrogen) atoms. The van der Waals surface area contributed by atoms with Crippen molar-refractivity contribution < 1.29 is 8.42 Å². The lowest BCUT2D eigenvalue weighted by Crippen LogP contribution is -2.31. The molecule has 3 heterocycles. The van der Waals surface area contributed by atoms with Crippen LogP contribution in [-0.2, 0) is 36.4 Å². The van der Waals surface area contributed by atoms with E-state index in [0.717, 1.165) is 41.8 Å². The zero-order valence-electron chi connectivity index (χ0n) is 14.2. The first-order chi connectivity index (χ1) is 11.9. The molecule has 0 amide bonds. The highest BCUT2D eigenvalue weighted by molar-refractivity contribution is 7.90. The second-order valence-electron chi connectivity index (χ2n) is 6.44. The van der Waals surface area contributed by atoms with Gasteiger partial charge >= 0.3 is 0 Å². The summed E-state index contributed by atoms with van der Waals surface area (Å²) >= 11 is 0. The predicted octanol–water partition coefficient (Wildman–Crippen LogP) is 1.33. The number of aryl methyl sites for hydroxylation is 1. The SMILES string of the molecule is Cn1nc(CN2CCc3nc(S(C)(=O)=O)ncc3C2)c2ccccc21. The van der Waals surface area contributed by atoms with Gasteiger partial charge in [0.1, 0.15) is 0 Å². The molecule has 1 aliphatic heterocycles. The number of fused-ring (bicyclic) bond motifs is 2. The monoisotopic (exact) mass is 357 g/mol. The van der Waals surface area contributed by atoms with E-state index in [4.69, 9.17) is 0 Å². The van der Waals surface area contributed by atoms with E-state index < -0.39 is 9.84 Å². The predicted molar refractivity (Wildman–Crippen MR) is 93.7 cm³/mol. The average molecular weight is 357 g/mol. The molecule has 7 nitrogen and oxygen atoms in total. The van der Waals surface area contributed by atoms with Crippen LogP contribution in [-0.4, -0.2) is 45.9 Å². The fraction of sp³-hybridized carbons (Fsp3) is 0.353. The first-order valence-corrected chi connectivity index (χ1v) is 9.99. The summed E-state index contributed by atoms with van der Waals surface area (Å²) in [5.74, 6) is 0. The van der Waals surface area contributed by atoms with Crippen molar-refractivity contribution in [3.05, 3.63) is 47.4 Å². The third-order valence-corrected chi connectivity index (χ3v) is 5.39. The lowest BCUT2D eigenvalue weighted by atomic mass is 10.1. The largest absolute Gasteiger partial charge is 0.293 e. The molecule has 1 aromatic carbocycles. The van der Waals surface area contributed by atoms with Gasteiger partial charge in [0.25, 0.3) is 0 Å². The Morgan fingerprint density at radius 2 is 2.04 bits per heavy atom. The molecule has 0 saturated heterocycles. The number of hydrogen-bond acceptors (Lipinski definition) is 6. The molecule has 0 radical (unpaired) electrons. The van der Waals surface area contributed by atoms with Crippen LogP contribution in [0.2, 0.25) is 0 Å². The molecule has 3 aromatic rings. The topological polar surface area (TPSA) is 81.0 Å². The van der Waals surface area contributed by atoms with Crippen molar-refractivity contribution in [2.45, 2.75) is 24.7 Å². The van der Waals surface area contributed by atoms with Crippen molar-refractivity contribution in [1.82, 2.24) is 24.6 Å². The zero-order chi connectivity index (χ0) is 17.6. The lowest BCUT2D eigenvalue weighted by Gasteiger charge is -2.27. The van der Waals surface area contributed by atoms with Crippen LogP contribution in [0.4, 0.5) is 0 Å². The highest BCUT2D eigenvalue weighted by Gasteiger charge is 2.22. The summed E-state index contributed by atoms with van der Waals surface area (Å²) in [5, 5.41) is 5.73. The van der Waals surface area contributed by atoms with Gasteiger partial charge in [0.15, 0.2) is 0 Å².